The largest absolute Gasteiger partial charge is 0.338 e. The molecular weight excluding hydrogens is 376 g/mol. The Morgan fingerprint density at radius 2 is 1.90 bits per heavy atom. The normalized spacial score (nSPS) is 19.6. The number of nitriles is 1. The second kappa shape index (κ2) is 7.27. The Morgan fingerprint density at radius 3 is 2.63 bits per heavy atom. The minimum atomic E-state index is -0.0242. The van der Waals surface area contributed by atoms with E-state index in [4.69, 9.17) is 5.26 Å². The number of hydrogen-bond acceptors (Lipinski definition) is 4. The average Bonchev–Trinajstić information content (AvgIpc) is 2.80. The van der Waals surface area contributed by atoms with Gasteiger partial charge in [0.2, 0.25) is 0 Å². The first-order valence-electron chi connectivity index (χ1n) is 10.1. The predicted octanol–water partition coefficient (Wildman–Crippen LogP) is 3.04. The molecule has 2 aliphatic rings. The maximum atomic E-state index is 13.1. The number of nitrogens with zero attached hydrogens (tertiary/aromatic N) is 4. The summed E-state index contributed by atoms with van der Waals surface area (Å²) < 4.78 is 1.89. The fourth-order valence-corrected chi connectivity index (χ4v) is 4.82. The van der Waals surface area contributed by atoms with Gasteiger partial charge in [0.15, 0.2) is 0 Å². The average molecular weight is 396 g/mol. The predicted molar refractivity (Wildman–Crippen MR) is 112 cm³/mol. The minimum absolute atomic E-state index is 0.0132. The summed E-state index contributed by atoms with van der Waals surface area (Å²) in [4.78, 5) is 31.9. The van der Waals surface area contributed by atoms with Crippen LogP contribution in [0, 0.1) is 17.2 Å². The van der Waals surface area contributed by atoms with E-state index in [-0.39, 0.29) is 23.3 Å². The summed E-state index contributed by atoms with van der Waals surface area (Å²) in [5.41, 5.74) is 4.14. The third-order valence-electron chi connectivity index (χ3n) is 6.11. The molecule has 5 rings (SSSR count). The zero-order chi connectivity index (χ0) is 20.7. The molecule has 2 aliphatic heterocycles. The lowest BCUT2D eigenvalue weighted by molar-refractivity contribution is 0.0595. The Bertz CT molecular complexity index is 1210. The van der Waals surface area contributed by atoms with Gasteiger partial charge in [-0.25, -0.2) is 0 Å². The number of carbonyl (C=O) groups excluding carboxylic acids is 1. The molecule has 0 radical (unpaired) electrons. The number of fused-ring (bicyclic) bond motifs is 4. The molecule has 1 aromatic carbocycles. The molecule has 6 heteroatoms. The highest BCUT2D eigenvalue weighted by Crippen LogP contribution is 2.40. The highest BCUT2D eigenvalue weighted by Gasteiger charge is 2.38. The van der Waals surface area contributed by atoms with Gasteiger partial charge in [-0.3, -0.25) is 14.6 Å². The summed E-state index contributed by atoms with van der Waals surface area (Å²) >= 11 is 0. The van der Waals surface area contributed by atoms with Crippen molar-refractivity contribution in [3.63, 3.8) is 0 Å². The molecule has 1 saturated heterocycles. The molecule has 30 heavy (non-hydrogen) atoms. The first-order chi connectivity index (χ1) is 14.6. The molecule has 3 aromatic rings. The van der Waals surface area contributed by atoms with E-state index in [9.17, 15) is 9.59 Å². The number of pyridine rings is 2. The third kappa shape index (κ3) is 3.09. The van der Waals surface area contributed by atoms with E-state index < -0.39 is 0 Å². The minimum Gasteiger partial charge on any atom is -0.338 e. The molecular formula is C24H20N4O2. The number of likely N-dealkylation sites (tertiary alicyclic amines) is 1. The molecule has 2 aromatic heterocycles. The molecule has 1 fully saturated rings. The van der Waals surface area contributed by atoms with Crippen LogP contribution in [0.25, 0.3) is 11.1 Å². The maximum absolute atomic E-state index is 13.1. The van der Waals surface area contributed by atoms with Gasteiger partial charge in [0, 0.05) is 66.4 Å². The van der Waals surface area contributed by atoms with Crippen molar-refractivity contribution in [2.24, 2.45) is 5.92 Å². The first kappa shape index (κ1) is 18.3. The van der Waals surface area contributed by atoms with Crippen LogP contribution in [-0.2, 0) is 6.54 Å². The van der Waals surface area contributed by atoms with Crippen LogP contribution in [0.1, 0.15) is 34.0 Å². The quantitative estimate of drug-likeness (QED) is 0.667. The van der Waals surface area contributed by atoms with Crippen molar-refractivity contribution in [3.8, 4) is 17.2 Å². The SMILES string of the molecule is N#Cc1ccc(C(=O)N2C[C@@H]3C[C@H](C2)c2c(-c4cccnc4)ccc(=O)n2C3)cc1. The van der Waals surface area contributed by atoms with Gasteiger partial charge in [0.25, 0.3) is 11.5 Å². The Hall–Kier alpha value is -3.72. The lowest BCUT2D eigenvalue weighted by atomic mass is 9.80. The van der Waals surface area contributed by atoms with Gasteiger partial charge in [-0.15, -0.1) is 0 Å². The fourth-order valence-electron chi connectivity index (χ4n) is 4.82. The van der Waals surface area contributed by atoms with E-state index in [1.165, 1.54) is 0 Å². The van der Waals surface area contributed by atoms with Gasteiger partial charge in [-0.05, 0) is 48.7 Å². The highest BCUT2D eigenvalue weighted by atomic mass is 16.2. The highest BCUT2D eigenvalue weighted by molar-refractivity contribution is 5.94. The van der Waals surface area contributed by atoms with Crippen molar-refractivity contribution in [3.05, 3.63) is 88.1 Å². The lowest BCUT2D eigenvalue weighted by Crippen LogP contribution is -2.49. The van der Waals surface area contributed by atoms with Gasteiger partial charge in [0.05, 0.1) is 11.6 Å². The number of carbonyl (C=O) groups is 1. The zero-order valence-corrected chi connectivity index (χ0v) is 16.4. The Labute approximate surface area is 174 Å². The Kier molecular flexibility index (Phi) is 4.44. The second-order valence-electron chi connectivity index (χ2n) is 8.02. The molecule has 0 saturated carbocycles. The van der Waals surface area contributed by atoms with Gasteiger partial charge in [0.1, 0.15) is 0 Å². The van der Waals surface area contributed by atoms with Crippen molar-refractivity contribution in [2.45, 2.75) is 18.9 Å². The van der Waals surface area contributed by atoms with Crippen LogP contribution in [0.2, 0.25) is 0 Å². The smallest absolute Gasteiger partial charge is 0.253 e. The monoisotopic (exact) mass is 396 g/mol. The number of aromatic nitrogens is 2. The summed E-state index contributed by atoms with van der Waals surface area (Å²) in [5, 5.41) is 8.98. The van der Waals surface area contributed by atoms with Crippen LogP contribution in [0.5, 0.6) is 0 Å². The lowest BCUT2D eigenvalue weighted by Gasteiger charge is -2.43. The summed E-state index contributed by atoms with van der Waals surface area (Å²) in [5.74, 6) is 0.327. The van der Waals surface area contributed by atoms with Crippen molar-refractivity contribution in [1.82, 2.24) is 14.5 Å². The standard InChI is InChI=1S/C24H20N4O2/c25-11-16-3-5-18(6-4-16)24(30)27-13-17-10-20(15-27)23-21(19-2-1-9-26-12-19)7-8-22(29)28(23)14-17/h1-9,12,17,20H,10,13-15H2/t17-,20+/m0/s1. The molecule has 2 bridgehead atoms. The molecule has 0 spiro atoms. The molecule has 0 unspecified atom stereocenters. The van der Waals surface area contributed by atoms with Crippen LogP contribution >= 0.6 is 0 Å². The second-order valence-corrected chi connectivity index (χ2v) is 8.02. The van der Waals surface area contributed by atoms with E-state index in [0.717, 1.165) is 23.2 Å². The molecule has 148 valence electrons. The molecule has 1 amide bonds. The summed E-state index contributed by atoms with van der Waals surface area (Å²) in [6.07, 6.45) is 4.52. The van der Waals surface area contributed by atoms with E-state index in [2.05, 4.69) is 11.1 Å². The molecule has 0 aliphatic carbocycles. The fraction of sp³-hybridized carbons (Fsp3) is 0.250. The molecule has 2 atom stereocenters. The van der Waals surface area contributed by atoms with Crippen LogP contribution < -0.4 is 5.56 Å². The molecule has 4 heterocycles. The van der Waals surface area contributed by atoms with Crippen LogP contribution in [-0.4, -0.2) is 33.4 Å². The third-order valence-corrected chi connectivity index (χ3v) is 6.11. The van der Waals surface area contributed by atoms with Crippen molar-refractivity contribution < 1.29 is 4.79 Å². The summed E-state index contributed by atoms with van der Waals surface area (Å²) in [6, 6.07) is 16.3. The van der Waals surface area contributed by atoms with Crippen molar-refractivity contribution in [2.75, 3.05) is 13.1 Å². The number of hydrogen-bond donors (Lipinski definition) is 0. The zero-order valence-electron chi connectivity index (χ0n) is 16.4. The molecule has 0 N–H and O–H groups in total. The summed E-state index contributed by atoms with van der Waals surface area (Å²) in [6.45, 7) is 1.83. The van der Waals surface area contributed by atoms with Crippen molar-refractivity contribution in [1.29, 1.82) is 5.26 Å². The number of rotatable bonds is 2. The van der Waals surface area contributed by atoms with Gasteiger partial charge in [-0.2, -0.15) is 5.26 Å². The topological polar surface area (TPSA) is 79.0 Å². The number of benzene rings is 1. The van der Waals surface area contributed by atoms with Crippen LogP contribution in [0.3, 0.4) is 0 Å². The van der Waals surface area contributed by atoms with Crippen LogP contribution in [0.15, 0.2) is 65.7 Å². The van der Waals surface area contributed by atoms with Crippen LogP contribution in [0.4, 0.5) is 0 Å². The Balaban J connectivity index is 1.51. The summed E-state index contributed by atoms with van der Waals surface area (Å²) in [7, 11) is 0. The van der Waals surface area contributed by atoms with Crippen molar-refractivity contribution >= 4 is 5.91 Å². The van der Waals surface area contributed by atoms with E-state index in [0.29, 0.717) is 30.8 Å². The maximum Gasteiger partial charge on any atom is 0.253 e. The number of amides is 1. The van der Waals surface area contributed by atoms with Gasteiger partial charge >= 0.3 is 0 Å². The van der Waals surface area contributed by atoms with E-state index in [1.807, 2.05) is 33.9 Å². The molecule has 6 nitrogen and oxygen atoms in total. The number of piperidine rings is 1. The van der Waals surface area contributed by atoms with Gasteiger partial charge in [-0.1, -0.05) is 6.07 Å². The van der Waals surface area contributed by atoms with E-state index in [1.54, 1.807) is 36.5 Å². The Morgan fingerprint density at radius 1 is 1.07 bits per heavy atom. The van der Waals surface area contributed by atoms with Gasteiger partial charge < -0.3 is 9.47 Å². The first-order valence-corrected chi connectivity index (χ1v) is 10.1. The van der Waals surface area contributed by atoms with E-state index >= 15 is 0 Å².